The van der Waals surface area contributed by atoms with E-state index in [-0.39, 0.29) is 5.91 Å². The van der Waals surface area contributed by atoms with Crippen molar-refractivity contribution in [1.29, 1.82) is 0 Å². The monoisotopic (exact) mass is 332 g/mol. The van der Waals surface area contributed by atoms with Gasteiger partial charge >= 0.3 is 0 Å². The number of carbonyl (C=O) groups is 1. The number of ether oxygens (including phenoxy) is 1. The van der Waals surface area contributed by atoms with Crippen LogP contribution in [0.5, 0.6) is 0 Å². The molecule has 0 radical (unpaired) electrons. The van der Waals surface area contributed by atoms with E-state index in [1.54, 1.807) is 0 Å². The molecule has 0 atom stereocenters. The molecular weight excluding hydrogens is 312 g/mol. The Bertz CT molecular complexity index is 884. The van der Waals surface area contributed by atoms with Crippen LogP contribution in [0.15, 0.2) is 66.7 Å². The van der Waals surface area contributed by atoms with Crippen molar-refractivity contribution in [1.82, 2.24) is 0 Å². The quantitative estimate of drug-likeness (QED) is 0.790. The largest absolute Gasteiger partial charge is 0.378 e. The molecule has 3 aromatic rings. The molecule has 0 spiro atoms. The van der Waals surface area contributed by atoms with Crippen molar-refractivity contribution >= 4 is 28.1 Å². The number of carbonyl (C=O) groups excluding carboxylic acids is 1. The number of anilines is 2. The van der Waals surface area contributed by atoms with E-state index >= 15 is 0 Å². The maximum absolute atomic E-state index is 12.5. The molecule has 1 saturated heterocycles. The Morgan fingerprint density at radius 3 is 2.36 bits per heavy atom. The zero-order valence-electron chi connectivity index (χ0n) is 13.9. The number of hydrogen-bond acceptors (Lipinski definition) is 3. The summed E-state index contributed by atoms with van der Waals surface area (Å²) in [4.78, 5) is 14.8. The van der Waals surface area contributed by atoms with Gasteiger partial charge in [0, 0.05) is 30.0 Å². The molecule has 0 bridgehead atoms. The van der Waals surface area contributed by atoms with E-state index in [1.807, 2.05) is 60.7 Å². The van der Waals surface area contributed by atoms with Gasteiger partial charge in [-0.25, -0.2) is 0 Å². The van der Waals surface area contributed by atoms with Crippen LogP contribution in [0.3, 0.4) is 0 Å². The predicted molar refractivity (Wildman–Crippen MR) is 101 cm³/mol. The van der Waals surface area contributed by atoms with Crippen molar-refractivity contribution in [2.24, 2.45) is 0 Å². The first-order valence-electron chi connectivity index (χ1n) is 8.52. The molecule has 1 aliphatic heterocycles. The molecule has 0 unspecified atom stereocenters. The fourth-order valence-electron chi connectivity index (χ4n) is 3.12. The van der Waals surface area contributed by atoms with E-state index in [2.05, 4.69) is 16.3 Å². The summed E-state index contributed by atoms with van der Waals surface area (Å²) >= 11 is 0. The lowest BCUT2D eigenvalue weighted by atomic mass is 10.1. The molecule has 1 heterocycles. The Hall–Kier alpha value is -2.85. The van der Waals surface area contributed by atoms with Gasteiger partial charge in [-0.1, -0.05) is 30.3 Å². The molecular formula is C21H20N2O2. The third-order valence-electron chi connectivity index (χ3n) is 4.51. The van der Waals surface area contributed by atoms with Crippen molar-refractivity contribution in [3.63, 3.8) is 0 Å². The highest BCUT2D eigenvalue weighted by molar-refractivity contribution is 6.05. The molecule has 4 heteroatoms. The second kappa shape index (κ2) is 6.95. The number of rotatable bonds is 3. The Balaban J connectivity index is 1.48. The van der Waals surface area contributed by atoms with Crippen LogP contribution < -0.4 is 10.2 Å². The van der Waals surface area contributed by atoms with Crippen LogP contribution in [-0.4, -0.2) is 32.2 Å². The van der Waals surface area contributed by atoms with Gasteiger partial charge in [0.1, 0.15) is 0 Å². The predicted octanol–water partition coefficient (Wildman–Crippen LogP) is 3.93. The molecule has 4 nitrogen and oxygen atoms in total. The van der Waals surface area contributed by atoms with Crippen molar-refractivity contribution in [3.8, 4) is 0 Å². The molecule has 0 aromatic heterocycles. The lowest BCUT2D eigenvalue weighted by molar-refractivity contribution is 0.102. The fraction of sp³-hybridized carbons (Fsp3) is 0.190. The standard InChI is InChI=1S/C21H20N2O2/c24-21(22-19-8-5-16-3-1-2-4-18(16)15-19)17-6-9-20(10-7-17)23-11-13-25-14-12-23/h1-10,15H,11-14H2,(H,22,24). The summed E-state index contributed by atoms with van der Waals surface area (Å²) in [5, 5.41) is 5.25. The van der Waals surface area contributed by atoms with Gasteiger partial charge in [-0.05, 0) is 47.2 Å². The van der Waals surface area contributed by atoms with Gasteiger partial charge in [-0.15, -0.1) is 0 Å². The number of benzene rings is 3. The van der Waals surface area contributed by atoms with E-state index in [0.717, 1.165) is 48.5 Å². The highest BCUT2D eigenvalue weighted by Crippen LogP contribution is 2.21. The van der Waals surface area contributed by atoms with Gasteiger partial charge in [0.15, 0.2) is 0 Å². The van der Waals surface area contributed by atoms with Gasteiger partial charge in [0.2, 0.25) is 0 Å². The number of nitrogens with one attached hydrogen (secondary N) is 1. The molecule has 1 amide bonds. The summed E-state index contributed by atoms with van der Waals surface area (Å²) < 4.78 is 5.37. The Morgan fingerprint density at radius 2 is 1.60 bits per heavy atom. The fourth-order valence-corrected chi connectivity index (χ4v) is 3.12. The highest BCUT2D eigenvalue weighted by Gasteiger charge is 2.12. The molecule has 0 aliphatic carbocycles. The molecule has 1 N–H and O–H groups in total. The summed E-state index contributed by atoms with van der Waals surface area (Å²) in [5.41, 5.74) is 2.59. The second-order valence-electron chi connectivity index (χ2n) is 6.16. The van der Waals surface area contributed by atoms with Crippen LogP contribution in [0, 0.1) is 0 Å². The van der Waals surface area contributed by atoms with Gasteiger partial charge in [0.25, 0.3) is 5.91 Å². The third-order valence-corrected chi connectivity index (χ3v) is 4.51. The molecule has 126 valence electrons. The molecule has 1 aliphatic rings. The lowest BCUT2D eigenvalue weighted by Crippen LogP contribution is -2.36. The summed E-state index contributed by atoms with van der Waals surface area (Å²) in [5.74, 6) is -0.0937. The lowest BCUT2D eigenvalue weighted by Gasteiger charge is -2.28. The van der Waals surface area contributed by atoms with E-state index in [1.165, 1.54) is 0 Å². The first-order chi connectivity index (χ1) is 12.3. The average Bonchev–Trinajstić information content (AvgIpc) is 2.69. The first-order valence-corrected chi connectivity index (χ1v) is 8.52. The van der Waals surface area contributed by atoms with Crippen molar-refractivity contribution in [2.45, 2.75) is 0 Å². The second-order valence-corrected chi connectivity index (χ2v) is 6.16. The minimum absolute atomic E-state index is 0.0937. The van der Waals surface area contributed by atoms with Crippen molar-refractivity contribution in [2.75, 3.05) is 36.5 Å². The van der Waals surface area contributed by atoms with Crippen LogP contribution in [0.25, 0.3) is 10.8 Å². The normalized spacial score (nSPS) is 14.5. The Kier molecular flexibility index (Phi) is 4.36. The van der Waals surface area contributed by atoms with Gasteiger partial charge in [-0.3, -0.25) is 4.79 Å². The third kappa shape index (κ3) is 3.49. The highest BCUT2D eigenvalue weighted by atomic mass is 16.5. The summed E-state index contributed by atoms with van der Waals surface area (Å²) in [7, 11) is 0. The minimum Gasteiger partial charge on any atom is -0.378 e. The van der Waals surface area contributed by atoms with Crippen molar-refractivity contribution < 1.29 is 9.53 Å². The number of hydrogen-bond donors (Lipinski definition) is 1. The number of amides is 1. The number of nitrogens with zero attached hydrogens (tertiary/aromatic N) is 1. The van der Waals surface area contributed by atoms with Gasteiger partial charge < -0.3 is 15.0 Å². The van der Waals surface area contributed by atoms with E-state index in [4.69, 9.17) is 4.74 Å². The molecule has 4 rings (SSSR count). The topological polar surface area (TPSA) is 41.6 Å². The SMILES string of the molecule is O=C(Nc1ccc2ccccc2c1)c1ccc(N2CCOCC2)cc1. The minimum atomic E-state index is -0.0937. The summed E-state index contributed by atoms with van der Waals surface area (Å²) in [6, 6.07) is 21.8. The maximum Gasteiger partial charge on any atom is 0.255 e. The smallest absolute Gasteiger partial charge is 0.255 e. The summed E-state index contributed by atoms with van der Waals surface area (Å²) in [6.07, 6.45) is 0. The first kappa shape index (κ1) is 15.7. The average molecular weight is 332 g/mol. The number of morpholine rings is 1. The van der Waals surface area contributed by atoms with E-state index < -0.39 is 0 Å². The molecule has 25 heavy (non-hydrogen) atoms. The molecule has 3 aromatic carbocycles. The molecule has 1 fully saturated rings. The van der Waals surface area contributed by atoms with Crippen LogP contribution >= 0.6 is 0 Å². The van der Waals surface area contributed by atoms with E-state index in [9.17, 15) is 4.79 Å². The van der Waals surface area contributed by atoms with Crippen LogP contribution in [0.1, 0.15) is 10.4 Å². The van der Waals surface area contributed by atoms with Crippen LogP contribution in [0.4, 0.5) is 11.4 Å². The zero-order valence-corrected chi connectivity index (χ0v) is 13.9. The Labute approximate surface area is 147 Å². The Morgan fingerprint density at radius 1 is 0.880 bits per heavy atom. The van der Waals surface area contributed by atoms with Crippen LogP contribution in [0.2, 0.25) is 0 Å². The zero-order chi connectivity index (χ0) is 17.1. The van der Waals surface area contributed by atoms with Gasteiger partial charge in [-0.2, -0.15) is 0 Å². The number of fused-ring (bicyclic) bond motifs is 1. The maximum atomic E-state index is 12.5. The van der Waals surface area contributed by atoms with E-state index in [0.29, 0.717) is 5.56 Å². The van der Waals surface area contributed by atoms with Gasteiger partial charge in [0.05, 0.1) is 13.2 Å². The molecule has 0 saturated carbocycles. The van der Waals surface area contributed by atoms with Crippen LogP contribution in [-0.2, 0) is 4.74 Å². The van der Waals surface area contributed by atoms with Crippen molar-refractivity contribution in [3.05, 3.63) is 72.3 Å². The summed E-state index contributed by atoms with van der Waals surface area (Å²) in [6.45, 7) is 3.29.